The molecule has 0 fully saturated rings. The molecule has 0 heterocycles. The number of nitrogens with one attached hydrogen (secondary N) is 3. The molecule has 0 unspecified atom stereocenters. The van der Waals surface area contributed by atoms with Gasteiger partial charge in [-0.2, -0.15) is 0 Å². The van der Waals surface area contributed by atoms with Crippen LogP contribution in [0.15, 0.2) is 35.3 Å². The highest BCUT2D eigenvalue weighted by molar-refractivity contribution is 7.89. The lowest BCUT2D eigenvalue weighted by molar-refractivity contribution is 0.322. The second-order valence-electron chi connectivity index (χ2n) is 5.00. The monoisotopic (exact) mass is 356 g/mol. The molecule has 0 aliphatic rings. The second-order valence-corrected chi connectivity index (χ2v) is 7.10. The lowest BCUT2D eigenvalue weighted by atomic mass is 10.3. The first kappa shape index (κ1) is 20.2. The summed E-state index contributed by atoms with van der Waals surface area (Å²) >= 11 is 0. The summed E-state index contributed by atoms with van der Waals surface area (Å²) in [4.78, 5) is 4.41. The van der Waals surface area contributed by atoms with Gasteiger partial charge >= 0.3 is 0 Å². The van der Waals surface area contributed by atoms with Crippen molar-refractivity contribution in [3.63, 3.8) is 0 Å². The largest absolute Gasteiger partial charge is 0.492 e. The summed E-state index contributed by atoms with van der Waals surface area (Å²) in [5.41, 5.74) is 0. The van der Waals surface area contributed by atoms with Crippen molar-refractivity contribution in [3.05, 3.63) is 30.3 Å². The average Bonchev–Trinajstić information content (AvgIpc) is 2.59. The van der Waals surface area contributed by atoms with Crippen LogP contribution < -0.4 is 20.1 Å². The lowest BCUT2D eigenvalue weighted by Gasteiger charge is -2.12. The van der Waals surface area contributed by atoms with Gasteiger partial charge in [-0.15, -0.1) is 0 Å². The fraction of sp³-hybridized carbons (Fsp3) is 0.562. The third-order valence-electron chi connectivity index (χ3n) is 3.06. The molecule has 136 valence electrons. The summed E-state index contributed by atoms with van der Waals surface area (Å²) in [5, 5.41) is 6.33. The molecule has 0 saturated heterocycles. The topological polar surface area (TPSA) is 91.8 Å². The Bertz CT molecular complexity index is 576. The van der Waals surface area contributed by atoms with Gasteiger partial charge in [0.25, 0.3) is 0 Å². The molecule has 7 nitrogen and oxygen atoms in total. The first-order valence-corrected chi connectivity index (χ1v) is 9.90. The number of aliphatic imine (C=N–C) groups is 1. The van der Waals surface area contributed by atoms with Gasteiger partial charge in [0, 0.05) is 19.6 Å². The molecule has 1 rings (SSSR count). The van der Waals surface area contributed by atoms with E-state index in [1.54, 1.807) is 6.92 Å². The van der Waals surface area contributed by atoms with E-state index in [1.165, 1.54) is 0 Å². The molecule has 0 radical (unpaired) electrons. The molecule has 1 aromatic rings. The number of benzene rings is 1. The van der Waals surface area contributed by atoms with E-state index in [4.69, 9.17) is 4.74 Å². The molecular formula is C16H28N4O3S. The molecule has 24 heavy (non-hydrogen) atoms. The molecule has 0 amide bonds. The summed E-state index contributed by atoms with van der Waals surface area (Å²) in [6.45, 7) is 6.47. The van der Waals surface area contributed by atoms with Crippen molar-refractivity contribution in [3.8, 4) is 5.75 Å². The van der Waals surface area contributed by atoms with Crippen molar-refractivity contribution in [2.45, 2.75) is 20.3 Å². The molecule has 0 aliphatic heterocycles. The van der Waals surface area contributed by atoms with Crippen molar-refractivity contribution >= 4 is 16.0 Å². The van der Waals surface area contributed by atoms with Gasteiger partial charge in [0.1, 0.15) is 12.4 Å². The van der Waals surface area contributed by atoms with Crippen LogP contribution in [0.25, 0.3) is 0 Å². The average molecular weight is 356 g/mol. The third kappa shape index (κ3) is 9.36. The number of nitrogens with zero attached hydrogens (tertiary/aromatic N) is 1. The number of rotatable bonds is 11. The van der Waals surface area contributed by atoms with Crippen LogP contribution in [0, 0.1) is 0 Å². The minimum absolute atomic E-state index is 0.0991. The van der Waals surface area contributed by atoms with Gasteiger partial charge in [-0.05, 0) is 32.4 Å². The second kappa shape index (κ2) is 11.7. The minimum Gasteiger partial charge on any atom is -0.492 e. The van der Waals surface area contributed by atoms with Crippen LogP contribution in [0.4, 0.5) is 0 Å². The summed E-state index contributed by atoms with van der Waals surface area (Å²) < 4.78 is 30.7. The zero-order chi connectivity index (χ0) is 17.7. The highest BCUT2D eigenvalue weighted by Crippen LogP contribution is 2.07. The lowest BCUT2D eigenvalue weighted by Crippen LogP contribution is -2.39. The van der Waals surface area contributed by atoms with Crippen molar-refractivity contribution < 1.29 is 13.2 Å². The Labute approximate surface area is 145 Å². The predicted octanol–water partition coefficient (Wildman–Crippen LogP) is 0.950. The molecule has 3 N–H and O–H groups in total. The Kier molecular flexibility index (Phi) is 9.86. The molecule has 0 atom stereocenters. The summed E-state index contributed by atoms with van der Waals surface area (Å²) in [6, 6.07) is 9.64. The van der Waals surface area contributed by atoms with E-state index in [9.17, 15) is 8.42 Å². The zero-order valence-corrected chi connectivity index (χ0v) is 15.2. The van der Waals surface area contributed by atoms with Crippen molar-refractivity contribution in [2.24, 2.45) is 4.99 Å². The van der Waals surface area contributed by atoms with Gasteiger partial charge in [0.05, 0.1) is 12.3 Å². The quantitative estimate of drug-likeness (QED) is 0.312. The molecule has 0 saturated carbocycles. The van der Waals surface area contributed by atoms with Crippen LogP contribution in [-0.2, 0) is 10.0 Å². The molecule has 0 aliphatic carbocycles. The van der Waals surface area contributed by atoms with Crippen LogP contribution in [0.3, 0.4) is 0 Å². The van der Waals surface area contributed by atoms with E-state index in [2.05, 4.69) is 20.3 Å². The normalized spacial score (nSPS) is 12.0. The number of hydrogen-bond acceptors (Lipinski definition) is 4. The molecule has 0 bridgehead atoms. The summed E-state index contributed by atoms with van der Waals surface area (Å²) in [6.07, 6.45) is 0.649. The minimum atomic E-state index is -3.12. The first-order valence-electron chi connectivity index (χ1n) is 8.24. The number of guanidine groups is 1. The standard InChI is InChI=1S/C16H28N4O3S/c1-3-17-16(18-11-8-12-20-24(21,22)4-2)19-13-14-23-15-9-6-5-7-10-15/h5-7,9-10,20H,3-4,8,11-14H2,1-2H3,(H2,17,18,19). The van der Waals surface area contributed by atoms with E-state index in [0.29, 0.717) is 38.6 Å². The van der Waals surface area contributed by atoms with Gasteiger partial charge in [-0.3, -0.25) is 4.99 Å². The molecular weight excluding hydrogens is 328 g/mol. The SMILES string of the molecule is CCNC(=NCCCNS(=O)(=O)CC)NCCOc1ccccc1. The van der Waals surface area contributed by atoms with E-state index in [0.717, 1.165) is 12.3 Å². The Morgan fingerprint density at radius 2 is 1.88 bits per heavy atom. The molecule has 8 heteroatoms. The number of hydrogen-bond donors (Lipinski definition) is 3. The van der Waals surface area contributed by atoms with Gasteiger partial charge in [0.15, 0.2) is 5.96 Å². The van der Waals surface area contributed by atoms with Gasteiger partial charge in [-0.25, -0.2) is 13.1 Å². The molecule has 0 spiro atoms. The van der Waals surface area contributed by atoms with E-state index < -0.39 is 10.0 Å². The maximum atomic E-state index is 11.3. The Morgan fingerprint density at radius 1 is 1.12 bits per heavy atom. The third-order valence-corrected chi connectivity index (χ3v) is 4.46. The Hall–Kier alpha value is -1.80. The van der Waals surface area contributed by atoms with Crippen LogP contribution >= 0.6 is 0 Å². The van der Waals surface area contributed by atoms with Gasteiger partial charge < -0.3 is 15.4 Å². The number of para-hydroxylation sites is 1. The van der Waals surface area contributed by atoms with Gasteiger partial charge in [0.2, 0.25) is 10.0 Å². The summed E-state index contributed by atoms with van der Waals surface area (Å²) in [7, 11) is -3.12. The molecule has 1 aromatic carbocycles. The van der Waals surface area contributed by atoms with E-state index in [1.807, 2.05) is 37.3 Å². The Morgan fingerprint density at radius 3 is 2.54 bits per heavy atom. The van der Waals surface area contributed by atoms with Crippen molar-refractivity contribution in [1.29, 1.82) is 0 Å². The maximum absolute atomic E-state index is 11.3. The zero-order valence-electron chi connectivity index (χ0n) is 14.4. The Balaban J connectivity index is 2.24. The van der Waals surface area contributed by atoms with E-state index in [-0.39, 0.29) is 5.75 Å². The number of ether oxygens (including phenoxy) is 1. The maximum Gasteiger partial charge on any atom is 0.211 e. The first-order chi connectivity index (χ1) is 11.6. The van der Waals surface area contributed by atoms with E-state index >= 15 is 0 Å². The van der Waals surface area contributed by atoms with Crippen LogP contribution in [0.1, 0.15) is 20.3 Å². The van der Waals surface area contributed by atoms with Crippen LogP contribution in [0.2, 0.25) is 0 Å². The highest BCUT2D eigenvalue weighted by Gasteiger charge is 2.04. The molecule has 0 aromatic heterocycles. The fourth-order valence-electron chi connectivity index (χ4n) is 1.80. The van der Waals surface area contributed by atoms with Crippen LogP contribution in [0.5, 0.6) is 5.75 Å². The number of sulfonamides is 1. The summed E-state index contributed by atoms with van der Waals surface area (Å²) in [5.74, 6) is 1.64. The van der Waals surface area contributed by atoms with Gasteiger partial charge in [-0.1, -0.05) is 18.2 Å². The van der Waals surface area contributed by atoms with Crippen molar-refractivity contribution in [1.82, 2.24) is 15.4 Å². The smallest absolute Gasteiger partial charge is 0.211 e. The fourth-order valence-corrected chi connectivity index (χ4v) is 2.46. The van der Waals surface area contributed by atoms with Crippen LogP contribution in [-0.4, -0.2) is 52.9 Å². The predicted molar refractivity (Wildman–Crippen MR) is 98.0 cm³/mol. The van der Waals surface area contributed by atoms with Crippen molar-refractivity contribution in [2.75, 3.05) is 38.5 Å². The highest BCUT2D eigenvalue weighted by atomic mass is 32.2.